The van der Waals surface area contributed by atoms with Crippen molar-refractivity contribution in [1.82, 2.24) is 19.8 Å². The predicted molar refractivity (Wildman–Crippen MR) is 119 cm³/mol. The fourth-order valence-electron chi connectivity index (χ4n) is 3.77. The van der Waals surface area contributed by atoms with Crippen LogP contribution in [0.4, 0.5) is 0 Å². The molecule has 0 aliphatic carbocycles. The van der Waals surface area contributed by atoms with Crippen molar-refractivity contribution < 1.29 is 17.7 Å². The minimum atomic E-state index is -3.63. The normalized spacial score (nSPS) is 17.2. The fraction of sp³-hybridized carbons (Fsp3) is 0.348. The van der Waals surface area contributed by atoms with Gasteiger partial charge in [-0.3, -0.25) is 4.79 Å². The lowest BCUT2D eigenvalue weighted by Gasteiger charge is -2.31. The summed E-state index contributed by atoms with van der Waals surface area (Å²) in [5.41, 5.74) is 2.92. The second-order valence-electron chi connectivity index (χ2n) is 8.11. The van der Waals surface area contributed by atoms with Crippen LogP contribution in [0.25, 0.3) is 11.4 Å². The lowest BCUT2D eigenvalue weighted by molar-refractivity contribution is -0.126. The van der Waals surface area contributed by atoms with Gasteiger partial charge in [0.2, 0.25) is 27.6 Å². The van der Waals surface area contributed by atoms with E-state index < -0.39 is 15.9 Å². The Kier molecular flexibility index (Phi) is 6.38. The van der Waals surface area contributed by atoms with Crippen LogP contribution in [0.2, 0.25) is 0 Å². The third kappa shape index (κ3) is 4.89. The number of sulfonamides is 1. The molecule has 32 heavy (non-hydrogen) atoms. The molecule has 3 aromatic rings. The molecule has 0 spiro atoms. The number of carbonyl (C=O) groups is 1. The monoisotopic (exact) mass is 454 g/mol. The molecule has 2 heterocycles. The van der Waals surface area contributed by atoms with Crippen LogP contribution < -0.4 is 5.32 Å². The largest absolute Gasteiger partial charge is 0.347 e. The van der Waals surface area contributed by atoms with E-state index in [1.165, 1.54) is 4.31 Å². The predicted octanol–water partition coefficient (Wildman–Crippen LogP) is 3.07. The maximum absolute atomic E-state index is 13.0. The summed E-state index contributed by atoms with van der Waals surface area (Å²) >= 11 is 0. The minimum Gasteiger partial charge on any atom is -0.347 e. The van der Waals surface area contributed by atoms with Gasteiger partial charge in [-0.1, -0.05) is 46.6 Å². The molecule has 9 heteroatoms. The van der Waals surface area contributed by atoms with Gasteiger partial charge in [-0.15, -0.1) is 0 Å². The second kappa shape index (κ2) is 9.22. The molecule has 1 aromatic heterocycles. The zero-order valence-electron chi connectivity index (χ0n) is 18.1. The van der Waals surface area contributed by atoms with E-state index in [2.05, 4.69) is 15.5 Å². The van der Waals surface area contributed by atoms with Crippen LogP contribution in [0.3, 0.4) is 0 Å². The quantitative estimate of drug-likeness (QED) is 0.614. The maximum atomic E-state index is 13.0. The standard InChI is InChI=1S/C23H26N4O4S/c1-16-8-10-20(11-9-16)32(29,30)27-12-4-7-19(15-27)23(28)24-14-21-25-22(26-31-21)18-6-3-5-17(2)13-18/h3,5-6,8-11,13,19H,4,7,12,14-15H2,1-2H3,(H,24,28)/t19-/m0/s1. The average molecular weight is 455 g/mol. The first-order chi connectivity index (χ1) is 15.3. The Hall–Kier alpha value is -3.04. The lowest BCUT2D eigenvalue weighted by Crippen LogP contribution is -2.45. The molecular formula is C23H26N4O4S. The van der Waals surface area contributed by atoms with Crippen molar-refractivity contribution in [3.05, 3.63) is 65.5 Å². The fourth-order valence-corrected chi connectivity index (χ4v) is 5.29. The van der Waals surface area contributed by atoms with Gasteiger partial charge in [0.1, 0.15) is 0 Å². The summed E-state index contributed by atoms with van der Waals surface area (Å²) in [5.74, 6) is 0.119. The van der Waals surface area contributed by atoms with Crippen LogP contribution in [-0.4, -0.2) is 41.9 Å². The molecule has 2 aromatic carbocycles. The van der Waals surface area contributed by atoms with Gasteiger partial charge in [-0.05, 0) is 44.9 Å². The molecule has 1 atom stereocenters. The number of hydrogen-bond acceptors (Lipinski definition) is 6. The Balaban J connectivity index is 1.37. The number of hydrogen-bond donors (Lipinski definition) is 1. The number of piperidine rings is 1. The van der Waals surface area contributed by atoms with Crippen molar-refractivity contribution >= 4 is 15.9 Å². The molecule has 0 unspecified atom stereocenters. The van der Waals surface area contributed by atoms with Crippen molar-refractivity contribution in [2.24, 2.45) is 5.92 Å². The average Bonchev–Trinajstić information content (AvgIpc) is 3.27. The van der Waals surface area contributed by atoms with E-state index in [9.17, 15) is 13.2 Å². The molecule has 1 fully saturated rings. The van der Waals surface area contributed by atoms with E-state index >= 15 is 0 Å². The number of benzene rings is 2. The Morgan fingerprint density at radius 2 is 1.94 bits per heavy atom. The third-order valence-electron chi connectivity index (χ3n) is 5.57. The minimum absolute atomic E-state index is 0.0961. The van der Waals surface area contributed by atoms with E-state index in [1.807, 2.05) is 38.1 Å². The smallest absolute Gasteiger partial charge is 0.246 e. The van der Waals surface area contributed by atoms with Crippen LogP contribution in [0, 0.1) is 19.8 Å². The highest BCUT2D eigenvalue weighted by molar-refractivity contribution is 7.89. The molecule has 8 nitrogen and oxygen atoms in total. The van der Waals surface area contributed by atoms with Gasteiger partial charge in [0.25, 0.3) is 0 Å². The summed E-state index contributed by atoms with van der Waals surface area (Å²) in [6, 6.07) is 14.5. The Bertz CT molecular complexity index is 1200. The van der Waals surface area contributed by atoms with Crippen LogP contribution in [0.5, 0.6) is 0 Å². The summed E-state index contributed by atoms with van der Waals surface area (Å²) in [5, 5.41) is 6.78. The van der Waals surface area contributed by atoms with Gasteiger partial charge >= 0.3 is 0 Å². The van der Waals surface area contributed by atoms with E-state index in [1.54, 1.807) is 24.3 Å². The molecule has 168 valence electrons. The zero-order chi connectivity index (χ0) is 22.7. The van der Waals surface area contributed by atoms with Gasteiger partial charge in [-0.2, -0.15) is 9.29 Å². The first-order valence-electron chi connectivity index (χ1n) is 10.6. The number of nitrogens with one attached hydrogen (secondary N) is 1. The topological polar surface area (TPSA) is 105 Å². The lowest BCUT2D eigenvalue weighted by atomic mass is 9.99. The van der Waals surface area contributed by atoms with E-state index in [0.717, 1.165) is 16.7 Å². The molecular weight excluding hydrogens is 428 g/mol. The van der Waals surface area contributed by atoms with Crippen LogP contribution in [0.1, 0.15) is 29.9 Å². The highest BCUT2D eigenvalue weighted by atomic mass is 32.2. The van der Waals surface area contributed by atoms with Gasteiger partial charge in [0.15, 0.2) is 0 Å². The van der Waals surface area contributed by atoms with Crippen molar-refractivity contribution in [1.29, 1.82) is 0 Å². The molecule has 0 saturated carbocycles. The van der Waals surface area contributed by atoms with Crippen LogP contribution >= 0.6 is 0 Å². The van der Waals surface area contributed by atoms with E-state index in [4.69, 9.17) is 4.52 Å². The number of amides is 1. The van der Waals surface area contributed by atoms with Crippen molar-refractivity contribution in [2.45, 2.75) is 38.1 Å². The molecule has 4 rings (SSSR count). The maximum Gasteiger partial charge on any atom is 0.246 e. The van der Waals surface area contributed by atoms with Gasteiger partial charge in [-0.25, -0.2) is 8.42 Å². The Morgan fingerprint density at radius 1 is 1.16 bits per heavy atom. The molecule has 1 aliphatic heterocycles. The molecule has 0 radical (unpaired) electrons. The van der Waals surface area contributed by atoms with Gasteiger partial charge < -0.3 is 9.84 Å². The highest BCUT2D eigenvalue weighted by Gasteiger charge is 2.33. The summed E-state index contributed by atoms with van der Waals surface area (Å²) < 4.78 is 32.6. The molecule has 1 saturated heterocycles. The molecule has 0 bridgehead atoms. The summed E-state index contributed by atoms with van der Waals surface area (Å²) in [6.45, 7) is 4.55. The second-order valence-corrected chi connectivity index (χ2v) is 10.1. The Labute approximate surface area is 187 Å². The third-order valence-corrected chi connectivity index (χ3v) is 7.45. The van der Waals surface area contributed by atoms with Crippen LogP contribution in [0.15, 0.2) is 57.9 Å². The number of aromatic nitrogens is 2. The number of nitrogens with zero attached hydrogens (tertiary/aromatic N) is 3. The number of aryl methyl sites for hydroxylation is 2. The van der Waals surface area contributed by atoms with Gasteiger partial charge in [0.05, 0.1) is 17.4 Å². The van der Waals surface area contributed by atoms with E-state index in [0.29, 0.717) is 31.1 Å². The summed E-state index contributed by atoms with van der Waals surface area (Å²) in [7, 11) is -3.63. The summed E-state index contributed by atoms with van der Waals surface area (Å²) in [4.78, 5) is 17.3. The molecule has 1 amide bonds. The summed E-state index contributed by atoms with van der Waals surface area (Å²) in [6.07, 6.45) is 1.26. The zero-order valence-corrected chi connectivity index (χ0v) is 18.9. The number of rotatable bonds is 6. The SMILES string of the molecule is Cc1ccc(S(=O)(=O)N2CCC[C@H](C(=O)NCc3nc(-c4cccc(C)c4)no3)C2)cc1. The number of carbonyl (C=O) groups excluding carboxylic acids is 1. The first kappa shape index (κ1) is 22.2. The highest BCUT2D eigenvalue weighted by Crippen LogP contribution is 2.24. The Morgan fingerprint density at radius 3 is 2.69 bits per heavy atom. The first-order valence-corrected chi connectivity index (χ1v) is 12.0. The molecule has 1 N–H and O–H groups in total. The van der Waals surface area contributed by atoms with E-state index in [-0.39, 0.29) is 23.9 Å². The van der Waals surface area contributed by atoms with Crippen LogP contribution in [-0.2, 0) is 21.4 Å². The van der Waals surface area contributed by atoms with Gasteiger partial charge in [0, 0.05) is 18.7 Å². The molecule has 1 aliphatic rings. The van der Waals surface area contributed by atoms with Crippen molar-refractivity contribution in [3.63, 3.8) is 0 Å². The van der Waals surface area contributed by atoms with Crippen molar-refractivity contribution in [3.8, 4) is 11.4 Å². The van der Waals surface area contributed by atoms with Crippen molar-refractivity contribution in [2.75, 3.05) is 13.1 Å².